The van der Waals surface area contributed by atoms with Gasteiger partial charge in [0.1, 0.15) is 5.58 Å². The number of hydrogen-bond donors (Lipinski definition) is 0. The summed E-state index contributed by atoms with van der Waals surface area (Å²) in [5, 5.41) is 12.0. The Balaban J connectivity index is 1.73. The van der Waals surface area contributed by atoms with Crippen molar-refractivity contribution in [3.8, 4) is 0 Å². The fraction of sp³-hybridized carbons (Fsp3) is 0.115. The Kier molecular flexibility index (Phi) is 5.77. The van der Waals surface area contributed by atoms with E-state index in [0.717, 1.165) is 0 Å². The summed E-state index contributed by atoms with van der Waals surface area (Å²) in [6, 6.07) is 15.3. The lowest BCUT2D eigenvalue weighted by atomic mass is 9.97. The van der Waals surface area contributed by atoms with E-state index in [1.54, 1.807) is 31.2 Å². The summed E-state index contributed by atoms with van der Waals surface area (Å²) in [4.78, 5) is 51.5. The number of hydrogen-bond acceptors (Lipinski definition) is 7. The third-order valence-electron chi connectivity index (χ3n) is 5.89. The molecule has 4 aromatic rings. The number of ether oxygens (including phenoxy) is 1. The quantitative estimate of drug-likeness (QED) is 0.206. The molecular formula is C26H17ClN2O7. The summed E-state index contributed by atoms with van der Waals surface area (Å²) in [5.41, 5.74) is 0.560. The van der Waals surface area contributed by atoms with E-state index in [9.17, 15) is 24.5 Å². The van der Waals surface area contributed by atoms with Crippen LogP contribution >= 0.6 is 11.6 Å². The highest BCUT2D eigenvalue weighted by molar-refractivity contribution is 6.31. The number of benzene rings is 3. The monoisotopic (exact) mass is 504 g/mol. The summed E-state index contributed by atoms with van der Waals surface area (Å²) < 4.78 is 10.9. The van der Waals surface area contributed by atoms with Crippen LogP contribution in [0.3, 0.4) is 0 Å². The molecule has 1 amide bonds. The first kappa shape index (κ1) is 23.3. The Labute approximate surface area is 208 Å². The fourth-order valence-electron chi connectivity index (χ4n) is 4.31. The maximum absolute atomic E-state index is 13.6. The van der Waals surface area contributed by atoms with E-state index in [1.165, 1.54) is 47.4 Å². The third-order valence-corrected chi connectivity index (χ3v) is 6.12. The van der Waals surface area contributed by atoms with E-state index in [-0.39, 0.29) is 40.2 Å². The second-order valence-corrected chi connectivity index (χ2v) is 8.45. The normalized spacial score (nSPS) is 14.7. The molecule has 0 saturated carbocycles. The number of esters is 1. The van der Waals surface area contributed by atoms with Crippen molar-refractivity contribution in [1.29, 1.82) is 0 Å². The van der Waals surface area contributed by atoms with Crippen molar-refractivity contribution in [1.82, 2.24) is 0 Å². The predicted molar refractivity (Wildman–Crippen MR) is 132 cm³/mol. The highest BCUT2D eigenvalue weighted by Crippen LogP contribution is 2.42. The molecule has 0 bridgehead atoms. The molecule has 0 radical (unpaired) electrons. The van der Waals surface area contributed by atoms with Gasteiger partial charge in [-0.05, 0) is 55.0 Å². The zero-order chi connectivity index (χ0) is 25.6. The van der Waals surface area contributed by atoms with Gasteiger partial charge < -0.3 is 9.15 Å². The third kappa shape index (κ3) is 3.79. The molecule has 10 heteroatoms. The summed E-state index contributed by atoms with van der Waals surface area (Å²) in [6.07, 6.45) is 0. The van der Waals surface area contributed by atoms with Crippen LogP contribution in [0.2, 0.25) is 5.02 Å². The molecule has 0 fully saturated rings. The van der Waals surface area contributed by atoms with Gasteiger partial charge in [-0.15, -0.1) is 0 Å². The maximum atomic E-state index is 13.6. The van der Waals surface area contributed by atoms with Crippen LogP contribution in [0.5, 0.6) is 0 Å². The number of nitro benzene ring substituents is 1. The van der Waals surface area contributed by atoms with Crippen molar-refractivity contribution in [2.24, 2.45) is 0 Å². The van der Waals surface area contributed by atoms with E-state index < -0.39 is 28.3 Å². The summed E-state index contributed by atoms with van der Waals surface area (Å²) in [7, 11) is 0. The Hall–Kier alpha value is -4.50. The van der Waals surface area contributed by atoms with Crippen molar-refractivity contribution >= 4 is 45.8 Å². The molecule has 1 aromatic heterocycles. The number of nitrogens with zero attached hydrogens (tertiary/aromatic N) is 2. The Morgan fingerprint density at radius 2 is 1.86 bits per heavy atom. The van der Waals surface area contributed by atoms with Crippen LogP contribution < -0.4 is 10.3 Å². The summed E-state index contributed by atoms with van der Waals surface area (Å²) in [5.74, 6) is -1.28. The van der Waals surface area contributed by atoms with Gasteiger partial charge in [0.05, 0.1) is 34.1 Å². The van der Waals surface area contributed by atoms with E-state index in [2.05, 4.69) is 0 Å². The zero-order valence-electron chi connectivity index (χ0n) is 18.8. The van der Waals surface area contributed by atoms with Crippen molar-refractivity contribution < 1.29 is 23.7 Å². The lowest BCUT2D eigenvalue weighted by Gasteiger charge is -2.25. The van der Waals surface area contributed by atoms with Gasteiger partial charge >= 0.3 is 5.97 Å². The average molecular weight is 505 g/mol. The maximum Gasteiger partial charge on any atom is 0.338 e. The summed E-state index contributed by atoms with van der Waals surface area (Å²) >= 11 is 6.10. The SMILES string of the molecule is CCOC(=O)c1ccc(N2C(=O)c3oc4ccc(Cl)cc4c(=O)c3C2c2cccc([N+](=O)[O-])c2)cc1. The van der Waals surface area contributed by atoms with Crippen LogP contribution in [0.4, 0.5) is 11.4 Å². The number of rotatable bonds is 5. The molecule has 2 heterocycles. The molecule has 3 aromatic carbocycles. The van der Waals surface area contributed by atoms with Crippen LogP contribution in [0.25, 0.3) is 11.0 Å². The molecular weight excluding hydrogens is 488 g/mol. The first-order valence-electron chi connectivity index (χ1n) is 10.9. The van der Waals surface area contributed by atoms with E-state index in [0.29, 0.717) is 16.3 Å². The molecule has 180 valence electrons. The largest absolute Gasteiger partial charge is 0.462 e. The molecule has 5 rings (SSSR count). The Bertz CT molecular complexity index is 1610. The highest BCUT2D eigenvalue weighted by Gasteiger charge is 2.44. The van der Waals surface area contributed by atoms with Gasteiger partial charge in [0.15, 0.2) is 5.43 Å². The molecule has 0 aliphatic carbocycles. The standard InChI is InChI=1S/C26H17ClN2O7/c1-2-35-26(32)14-6-9-17(10-7-14)28-22(15-4-3-5-18(12-15)29(33)34)21-23(30)19-13-16(27)8-11-20(19)36-24(21)25(28)31/h3-13,22H,2H2,1H3. The topological polar surface area (TPSA) is 120 Å². The lowest BCUT2D eigenvalue weighted by molar-refractivity contribution is -0.384. The molecule has 36 heavy (non-hydrogen) atoms. The number of halogens is 1. The second-order valence-electron chi connectivity index (χ2n) is 8.01. The van der Waals surface area contributed by atoms with E-state index in [1.807, 2.05) is 0 Å². The predicted octanol–water partition coefficient (Wildman–Crippen LogP) is 5.28. The van der Waals surface area contributed by atoms with Crippen LogP contribution in [0.15, 0.2) is 75.9 Å². The number of amides is 1. The number of non-ortho nitro benzene ring substituents is 1. The van der Waals surface area contributed by atoms with Gasteiger partial charge in [-0.25, -0.2) is 4.79 Å². The number of fused-ring (bicyclic) bond motifs is 2. The highest BCUT2D eigenvalue weighted by atomic mass is 35.5. The first-order valence-corrected chi connectivity index (χ1v) is 11.3. The molecule has 9 nitrogen and oxygen atoms in total. The van der Waals surface area contributed by atoms with Gasteiger partial charge in [-0.3, -0.25) is 24.6 Å². The molecule has 1 atom stereocenters. The number of nitro groups is 1. The zero-order valence-corrected chi connectivity index (χ0v) is 19.5. The van der Waals surface area contributed by atoms with Crippen LogP contribution in [0, 0.1) is 10.1 Å². The molecule has 1 unspecified atom stereocenters. The molecule has 1 aliphatic heterocycles. The second kappa shape index (κ2) is 8.94. The molecule has 0 N–H and O–H groups in total. The van der Waals surface area contributed by atoms with Gasteiger partial charge in [0, 0.05) is 22.8 Å². The minimum absolute atomic E-state index is 0.0460. The van der Waals surface area contributed by atoms with Crippen LogP contribution in [-0.4, -0.2) is 23.4 Å². The van der Waals surface area contributed by atoms with Crippen molar-refractivity contribution in [3.05, 3.63) is 115 Å². The smallest absolute Gasteiger partial charge is 0.338 e. The summed E-state index contributed by atoms with van der Waals surface area (Å²) in [6.45, 7) is 1.90. The van der Waals surface area contributed by atoms with Gasteiger partial charge in [0.25, 0.3) is 11.6 Å². The first-order chi connectivity index (χ1) is 17.3. The van der Waals surface area contributed by atoms with E-state index in [4.69, 9.17) is 20.8 Å². The Morgan fingerprint density at radius 3 is 2.56 bits per heavy atom. The average Bonchev–Trinajstić information content (AvgIpc) is 3.17. The number of carbonyl (C=O) groups is 2. The number of anilines is 1. The van der Waals surface area contributed by atoms with Crippen molar-refractivity contribution in [2.45, 2.75) is 13.0 Å². The van der Waals surface area contributed by atoms with Gasteiger partial charge in [-0.2, -0.15) is 0 Å². The van der Waals surface area contributed by atoms with Crippen LogP contribution in [-0.2, 0) is 4.74 Å². The van der Waals surface area contributed by atoms with Crippen molar-refractivity contribution in [2.75, 3.05) is 11.5 Å². The molecule has 1 aliphatic rings. The van der Waals surface area contributed by atoms with Crippen LogP contribution in [0.1, 0.15) is 45.0 Å². The Morgan fingerprint density at radius 1 is 1.11 bits per heavy atom. The molecule has 0 spiro atoms. The number of carbonyl (C=O) groups excluding carboxylic acids is 2. The van der Waals surface area contributed by atoms with Gasteiger partial charge in [0.2, 0.25) is 5.76 Å². The molecule has 0 saturated heterocycles. The minimum Gasteiger partial charge on any atom is -0.462 e. The minimum atomic E-state index is -1.01. The van der Waals surface area contributed by atoms with Gasteiger partial charge in [-0.1, -0.05) is 23.7 Å². The lowest BCUT2D eigenvalue weighted by Crippen LogP contribution is -2.29. The fourth-order valence-corrected chi connectivity index (χ4v) is 4.48. The van der Waals surface area contributed by atoms with Crippen molar-refractivity contribution in [3.63, 3.8) is 0 Å². The van der Waals surface area contributed by atoms with E-state index >= 15 is 0 Å².